The van der Waals surface area contributed by atoms with Gasteiger partial charge >= 0.3 is 0 Å². The number of rotatable bonds is 6. The zero-order chi connectivity index (χ0) is 23.7. The second kappa shape index (κ2) is 8.90. The molecule has 13 heteroatoms. The molecule has 0 spiro atoms. The minimum atomic E-state index is -3.90. The van der Waals surface area contributed by atoms with Gasteiger partial charge in [0.05, 0.1) is 14.7 Å². The number of sulfonamides is 2. The van der Waals surface area contributed by atoms with E-state index in [0.29, 0.717) is 5.69 Å². The van der Waals surface area contributed by atoms with Crippen molar-refractivity contribution in [3.63, 3.8) is 0 Å². The van der Waals surface area contributed by atoms with Gasteiger partial charge in [-0.1, -0.05) is 6.07 Å². The number of nitrogens with zero attached hydrogens (tertiary/aromatic N) is 1. The summed E-state index contributed by atoms with van der Waals surface area (Å²) in [6.45, 7) is 0.210. The van der Waals surface area contributed by atoms with Gasteiger partial charge in [0.15, 0.2) is 9.84 Å². The van der Waals surface area contributed by atoms with Gasteiger partial charge in [0.2, 0.25) is 26.0 Å². The summed E-state index contributed by atoms with van der Waals surface area (Å²) in [4.78, 5) is 12.3. The summed E-state index contributed by atoms with van der Waals surface area (Å²) in [5.74, 6) is -0.730. The van der Waals surface area contributed by atoms with Gasteiger partial charge in [0.1, 0.15) is 0 Å². The number of amides is 1. The van der Waals surface area contributed by atoms with E-state index in [-0.39, 0.29) is 46.5 Å². The van der Waals surface area contributed by atoms with Crippen LogP contribution in [0.1, 0.15) is 12.8 Å². The van der Waals surface area contributed by atoms with Crippen LogP contribution in [0.3, 0.4) is 0 Å². The van der Waals surface area contributed by atoms with Crippen molar-refractivity contribution < 1.29 is 30.0 Å². The molecule has 0 unspecified atom stereocenters. The van der Waals surface area contributed by atoms with Gasteiger partial charge in [-0.3, -0.25) is 4.79 Å². The average Bonchev–Trinajstić information content (AvgIpc) is 2.73. The summed E-state index contributed by atoms with van der Waals surface area (Å²) in [5.41, 5.74) is 0.398. The zero-order valence-electron chi connectivity index (χ0n) is 17.1. The Hall–Kier alpha value is -2.32. The molecule has 1 amide bonds. The fraction of sp³-hybridized carbons (Fsp3) is 0.316. The van der Waals surface area contributed by atoms with Crippen LogP contribution < -0.4 is 10.5 Å². The van der Waals surface area contributed by atoms with E-state index in [1.807, 2.05) is 0 Å². The van der Waals surface area contributed by atoms with E-state index in [4.69, 9.17) is 5.14 Å². The second-order valence-corrected chi connectivity index (χ2v) is 13.0. The number of nitrogens with one attached hydrogen (secondary N) is 1. The van der Waals surface area contributed by atoms with E-state index in [2.05, 4.69) is 5.32 Å². The lowest BCUT2D eigenvalue weighted by Crippen LogP contribution is -2.41. The molecule has 1 fully saturated rings. The number of nitrogens with two attached hydrogens (primary N) is 1. The molecule has 3 N–H and O–H groups in total. The van der Waals surface area contributed by atoms with Crippen molar-refractivity contribution in [2.75, 3.05) is 24.7 Å². The van der Waals surface area contributed by atoms with Gasteiger partial charge in [0.25, 0.3) is 0 Å². The Bertz CT molecular complexity index is 1330. The van der Waals surface area contributed by atoms with Gasteiger partial charge < -0.3 is 5.32 Å². The lowest BCUT2D eigenvalue weighted by Gasteiger charge is -2.30. The number of hydrogen-bond acceptors (Lipinski definition) is 7. The fourth-order valence-electron chi connectivity index (χ4n) is 3.34. The summed E-state index contributed by atoms with van der Waals surface area (Å²) >= 11 is 0. The van der Waals surface area contributed by atoms with Crippen molar-refractivity contribution >= 4 is 41.5 Å². The van der Waals surface area contributed by atoms with Crippen molar-refractivity contribution in [2.24, 2.45) is 11.1 Å². The minimum Gasteiger partial charge on any atom is -0.326 e. The predicted octanol–water partition coefficient (Wildman–Crippen LogP) is 0.777. The van der Waals surface area contributed by atoms with Crippen LogP contribution in [-0.2, 0) is 34.7 Å². The summed E-state index contributed by atoms with van der Waals surface area (Å²) in [7, 11) is -11.3. The van der Waals surface area contributed by atoms with Crippen molar-refractivity contribution in [2.45, 2.75) is 27.5 Å². The summed E-state index contributed by atoms with van der Waals surface area (Å²) in [6, 6.07) is 10.6. The van der Waals surface area contributed by atoms with E-state index < -0.39 is 35.8 Å². The van der Waals surface area contributed by atoms with E-state index in [9.17, 15) is 30.0 Å². The van der Waals surface area contributed by atoms with Crippen LogP contribution >= 0.6 is 0 Å². The largest absolute Gasteiger partial charge is 0.326 e. The van der Waals surface area contributed by atoms with Crippen LogP contribution in [0.15, 0.2) is 63.2 Å². The molecule has 0 aliphatic carbocycles. The first kappa shape index (κ1) is 24.3. The lowest BCUT2D eigenvalue weighted by atomic mass is 9.97. The van der Waals surface area contributed by atoms with Crippen LogP contribution in [0.2, 0.25) is 0 Å². The Morgan fingerprint density at radius 3 is 2.00 bits per heavy atom. The summed E-state index contributed by atoms with van der Waals surface area (Å²) < 4.78 is 73.1. The molecule has 1 heterocycles. The van der Waals surface area contributed by atoms with Crippen molar-refractivity contribution in [1.82, 2.24) is 4.31 Å². The normalized spacial score (nSPS) is 16.6. The van der Waals surface area contributed by atoms with Crippen LogP contribution in [0.5, 0.6) is 0 Å². The molecule has 1 saturated heterocycles. The molecule has 1 aliphatic rings. The molecule has 1 aliphatic heterocycles. The number of anilines is 1. The average molecular weight is 502 g/mol. The number of hydrogen-bond donors (Lipinski definition) is 2. The molecular formula is C19H23N3O7S3. The molecule has 0 radical (unpaired) electrons. The first-order valence-corrected chi connectivity index (χ1v) is 14.4. The zero-order valence-corrected chi connectivity index (χ0v) is 19.6. The Morgan fingerprint density at radius 1 is 0.906 bits per heavy atom. The van der Waals surface area contributed by atoms with Gasteiger partial charge in [0, 0.05) is 31.0 Å². The minimum absolute atomic E-state index is 0.0750. The van der Waals surface area contributed by atoms with Gasteiger partial charge in [-0.2, -0.15) is 4.31 Å². The van der Waals surface area contributed by atoms with Gasteiger partial charge in [-0.05, 0) is 55.3 Å². The monoisotopic (exact) mass is 501 g/mol. The predicted molar refractivity (Wildman–Crippen MR) is 117 cm³/mol. The number of sulfone groups is 1. The van der Waals surface area contributed by atoms with E-state index in [1.165, 1.54) is 46.8 Å². The van der Waals surface area contributed by atoms with Crippen LogP contribution in [-0.4, -0.2) is 54.8 Å². The standard InChI is InChI=1S/C19H23N3O7S3/c1-30(24,25)17-3-2-4-18(13-17)32(28,29)22-11-9-14(10-12-22)19(23)21-15-5-7-16(8-6-15)31(20,26)27/h2-8,13-14H,9-12H2,1H3,(H,21,23)(H2,20,26,27). The van der Waals surface area contributed by atoms with Crippen LogP contribution in [0.4, 0.5) is 5.69 Å². The Kier molecular flexibility index (Phi) is 6.77. The molecule has 2 aromatic rings. The summed E-state index contributed by atoms with van der Waals surface area (Å²) in [6.07, 6.45) is 1.57. The maximum absolute atomic E-state index is 12.9. The molecule has 3 rings (SSSR count). The first-order valence-electron chi connectivity index (χ1n) is 9.52. The van der Waals surface area contributed by atoms with E-state index in [1.54, 1.807) is 0 Å². The van der Waals surface area contributed by atoms with Crippen molar-refractivity contribution in [3.8, 4) is 0 Å². The highest BCUT2D eigenvalue weighted by Crippen LogP contribution is 2.26. The second-order valence-electron chi connectivity index (χ2n) is 7.48. The third kappa shape index (κ3) is 5.53. The highest BCUT2D eigenvalue weighted by Gasteiger charge is 2.32. The van der Waals surface area contributed by atoms with Crippen molar-refractivity contribution in [1.29, 1.82) is 0 Å². The number of piperidine rings is 1. The Balaban J connectivity index is 1.65. The number of carbonyl (C=O) groups is 1. The SMILES string of the molecule is CS(=O)(=O)c1cccc(S(=O)(=O)N2CCC(C(=O)Nc3ccc(S(N)(=O)=O)cc3)CC2)c1. The molecule has 2 aromatic carbocycles. The molecular weight excluding hydrogens is 478 g/mol. The van der Waals surface area contributed by atoms with E-state index in [0.717, 1.165) is 12.3 Å². The highest BCUT2D eigenvalue weighted by molar-refractivity contribution is 7.91. The third-order valence-corrected chi connectivity index (χ3v) is 9.08. The quantitative estimate of drug-likeness (QED) is 0.591. The van der Waals surface area contributed by atoms with Crippen molar-refractivity contribution in [3.05, 3.63) is 48.5 Å². The molecule has 0 saturated carbocycles. The number of carbonyl (C=O) groups excluding carboxylic acids is 1. The maximum atomic E-state index is 12.9. The maximum Gasteiger partial charge on any atom is 0.243 e. The van der Waals surface area contributed by atoms with Gasteiger partial charge in [-0.15, -0.1) is 0 Å². The topological polar surface area (TPSA) is 161 Å². The number of benzene rings is 2. The Labute approximate surface area is 187 Å². The molecule has 174 valence electrons. The van der Waals surface area contributed by atoms with Gasteiger partial charge in [-0.25, -0.2) is 30.4 Å². The Morgan fingerprint density at radius 2 is 1.47 bits per heavy atom. The smallest absolute Gasteiger partial charge is 0.243 e. The van der Waals surface area contributed by atoms with E-state index >= 15 is 0 Å². The molecule has 10 nitrogen and oxygen atoms in total. The fourth-order valence-corrected chi connectivity index (χ4v) is 6.12. The highest BCUT2D eigenvalue weighted by atomic mass is 32.2. The van der Waals surface area contributed by atoms with Crippen LogP contribution in [0, 0.1) is 5.92 Å². The summed E-state index contributed by atoms with van der Waals surface area (Å²) in [5, 5.41) is 7.74. The third-order valence-electron chi connectivity index (χ3n) is 5.15. The van der Waals surface area contributed by atoms with Crippen LogP contribution in [0.25, 0.3) is 0 Å². The molecule has 32 heavy (non-hydrogen) atoms. The molecule has 0 atom stereocenters. The number of primary sulfonamides is 1. The lowest BCUT2D eigenvalue weighted by molar-refractivity contribution is -0.120. The first-order chi connectivity index (χ1) is 14.8. The molecule has 0 bridgehead atoms. The molecule has 0 aromatic heterocycles.